The van der Waals surface area contributed by atoms with Crippen molar-refractivity contribution in [1.82, 2.24) is 0 Å². The first kappa shape index (κ1) is 82.0. The predicted molar refractivity (Wildman–Crippen MR) is 362 cm³/mol. The molecule has 0 rings (SSSR count). The third kappa shape index (κ3) is 68.3. The van der Waals surface area contributed by atoms with Crippen molar-refractivity contribution in [2.24, 2.45) is 0 Å². The second-order valence-corrected chi connectivity index (χ2v) is 25.9. The van der Waals surface area contributed by atoms with Gasteiger partial charge in [-0.2, -0.15) is 0 Å². The zero-order chi connectivity index (χ0) is 61.9. The monoisotopic (exact) mass is 1190 g/mol. The maximum atomic E-state index is 12.9. The molecular weight excluding hydrogens is 1050 g/mol. The minimum Gasteiger partial charge on any atom is -0.545 e. The number of ether oxygens (including phenoxy) is 4. The van der Waals surface area contributed by atoms with Gasteiger partial charge in [-0.05, 0) is 77.0 Å². The maximum Gasteiger partial charge on any atom is 0.306 e. The molecule has 2 unspecified atom stereocenters. The van der Waals surface area contributed by atoms with E-state index in [1.165, 1.54) is 257 Å². The van der Waals surface area contributed by atoms with Crippen LogP contribution in [0.25, 0.3) is 0 Å². The standard InChI is InChI=1S/C76H139NO8/c1-6-8-10-12-14-16-18-20-22-24-26-28-30-31-32-33-34-35-36-37-38-39-40-41-42-43-45-47-49-51-53-55-57-59-61-63-65-67-74(79)85-72(71-84-76(75(80)81)82-69-68-77(3,4)5)70-83-73(78)66-64-62-60-58-56-54-52-50-48-46-44-29-27-25-23-21-19-17-15-13-11-9-7-2/h8,10,14,16,20,22,25-28,72,76H,6-7,9,11-13,15,17-19,21,23-24,29-71H2,1-5H3/b10-8-,16-14-,22-20-,27-25-,28-26-. The Kier molecular flexibility index (Phi) is 64.6. The molecule has 0 saturated heterocycles. The van der Waals surface area contributed by atoms with E-state index in [-0.39, 0.29) is 32.2 Å². The fraction of sp³-hybridized carbons (Fsp3) is 0.829. The van der Waals surface area contributed by atoms with Crippen LogP contribution in [0.5, 0.6) is 0 Å². The van der Waals surface area contributed by atoms with Crippen LogP contribution < -0.4 is 5.11 Å². The van der Waals surface area contributed by atoms with E-state index in [2.05, 4.69) is 74.6 Å². The van der Waals surface area contributed by atoms with Gasteiger partial charge in [-0.1, -0.05) is 319 Å². The van der Waals surface area contributed by atoms with Gasteiger partial charge in [0.25, 0.3) is 0 Å². The van der Waals surface area contributed by atoms with Gasteiger partial charge in [-0.15, -0.1) is 0 Å². The Labute approximate surface area is 526 Å². The molecule has 0 radical (unpaired) electrons. The fourth-order valence-electron chi connectivity index (χ4n) is 10.7. The Morgan fingerprint density at radius 3 is 1.01 bits per heavy atom. The minimum absolute atomic E-state index is 0.149. The Hall–Kier alpha value is -3.01. The molecule has 496 valence electrons. The molecule has 0 aliphatic carbocycles. The molecule has 0 aromatic carbocycles. The van der Waals surface area contributed by atoms with Crippen LogP contribution in [0, 0.1) is 0 Å². The first-order valence-corrected chi connectivity index (χ1v) is 36.4. The van der Waals surface area contributed by atoms with Crippen LogP contribution in [0.15, 0.2) is 60.8 Å². The van der Waals surface area contributed by atoms with Crippen molar-refractivity contribution in [2.45, 2.75) is 360 Å². The fourth-order valence-corrected chi connectivity index (χ4v) is 10.7. The third-order valence-corrected chi connectivity index (χ3v) is 16.2. The van der Waals surface area contributed by atoms with Crippen molar-refractivity contribution in [1.29, 1.82) is 0 Å². The lowest BCUT2D eigenvalue weighted by Crippen LogP contribution is -2.44. The average molecular weight is 1190 g/mol. The topological polar surface area (TPSA) is 111 Å². The van der Waals surface area contributed by atoms with E-state index in [1.54, 1.807) is 0 Å². The second kappa shape index (κ2) is 66.9. The van der Waals surface area contributed by atoms with Gasteiger partial charge in [0, 0.05) is 12.8 Å². The number of esters is 2. The summed E-state index contributed by atoms with van der Waals surface area (Å²) in [5.74, 6) is -2.26. The van der Waals surface area contributed by atoms with E-state index in [1.807, 2.05) is 21.1 Å². The number of hydrogen-bond acceptors (Lipinski definition) is 8. The van der Waals surface area contributed by atoms with Gasteiger partial charge in [0.15, 0.2) is 12.4 Å². The highest BCUT2D eigenvalue weighted by molar-refractivity contribution is 5.70. The molecule has 0 aliphatic rings. The predicted octanol–water partition coefficient (Wildman–Crippen LogP) is 21.4. The number of likely N-dealkylation sites (N-methyl/N-ethyl adjacent to an activating group) is 1. The van der Waals surface area contributed by atoms with Gasteiger partial charge in [0.05, 0.1) is 40.3 Å². The number of allylic oxidation sites excluding steroid dienone is 10. The summed E-state index contributed by atoms with van der Waals surface area (Å²) in [6.45, 7) is 4.69. The lowest BCUT2D eigenvalue weighted by Gasteiger charge is -2.26. The number of nitrogens with zero attached hydrogens (tertiary/aromatic N) is 1. The van der Waals surface area contributed by atoms with Crippen molar-refractivity contribution < 1.29 is 42.9 Å². The number of aliphatic carboxylic acids is 1. The zero-order valence-electron chi connectivity index (χ0n) is 56.7. The van der Waals surface area contributed by atoms with Gasteiger partial charge in [-0.25, -0.2) is 0 Å². The smallest absolute Gasteiger partial charge is 0.306 e. The Morgan fingerprint density at radius 2 is 0.671 bits per heavy atom. The number of carbonyl (C=O) groups is 3. The molecule has 0 aromatic rings. The van der Waals surface area contributed by atoms with Crippen molar-refractivity contribution in [3.63, 3.8) is 0 Å². The van der Waals surface area contributed by atoms with E-state index in [4.69, 9.17) is 18.9 Å². The van der Waals surface area contributed by atoms with Gasteiger partial charge < -0.3 is 33.3 Å². The quantitative estimate of drug-likeness (QED) is 0.0195. The summed E-state index contributed by atoms with van der Waals surface area (Å²) in [5.41, 5.74) is 0. The van der Waals surface area contributed by atoms with Gasteiger partial charge >= 0.3 is 11.9 Å². The summed E-state index contributed by atoms with van der Waals surface area (Å²) in [4.78, 5) is 37.5. The molecule has 85 heavy (non-hydrogen) atoms. The SMILES string of the molecule is CC/C=C\C/C=C\C/C=C\C/C=C\CCCCCCCCCCCCCCCCCCCCCCCCCCC(=O)OC(COC(=O)CCCCCCCCCCCCC/C=C\CCCCCCCCCC)COC(OCC[N+](C)(C)C)C(=O)[O-]. The highest BCUT2D eigenvalue weighted by atomic mass is 16.7. The lowest BCUT2D eigenvalue weighted by atomic mass is 10.0. The normalized spacial score (nSPS) is 13.0. The van der Waals surface area contributed by atoms with E-state index in [9.17, 15) is 19.5 Å². The molecule has 0 saturated carbocycles. The molecule has 0 amide bonds. The first-order chi connectivity index (χ1) is 41.6. The second-order valence-electron chi connectivity index (χ2n) is 25.9. The summed E-state index contributed by atoms with van der Waals surface area (Å²) in [5, 5.41) is 11.8. The largest absolute Gasteiger partial charge is 0.545 e. The molecule has 9 nitrogen and oxygen atoms in total. The molecule has 9 heteroatoms. The lowest BCUT2D eigenvalue weighted by molar-refractivity contribution is -0.870. The third-order valence-electron chi connectivity index (χ3n) is 16.2. The van der Waals surface area contributed by atoms with Crippen LogP contribution in [-0.2, 0) is 33.3 Å². The van der Waals surface area contributed by atoms with Crippen LogP contribution in [0.4, 0.5) is 0 Å². The van der Waals surface area contributed by atoms with Crippen molar-refractivity contribution in [2.75, 3.05) is 47.5 Å². The molecule has 0 spiro atoms. The maximum absolute atomic E-state index is 12.9. The van der Waals surface area contributed by atoms with E-state index in [0.29, 0.717) is 17.4 Å². The van der Waals surface area contributed by atoms with Crippen LogP contribution in [0.2, 0.25) is 0 Å². The highest BCUT2D eigenvalue weighted by Gasteiger charge is 2.22. The van der Waals surface area contributed by atoms with E-state index in [0.717, 1.165) is 64.2 Å². The summed E-state index contributed by atoms with van der Waals surface area (Å²) >= 11 is 0. The number of carbonyl (C=O) groups excluding carboxylic acids is 3. The molecule has 0 N–H and O–H groups in total. The van der Waals surface area contributed by atoms with Crippen molar-refractivity contribution in [3.8, 4) is 0 Å². The molecule has 0 aromatic heterocycles. The summed E-state index contributed by atoms with van der Waals surface area (Å²) in [6.07, 6.45) is 84.6. The molecule has 0 aliphatic heterocycles. The van der Waals surface area contributed by atoms with Crippen LogP contribution in [0.1, 0.15) is 348 Å². The first-order valence-electron chi connectivity index (χ1n) is 36.4. The van der Waals surface area contributed by atoms with Crippen LogP contribution in [-0.4, -0.2) is 82.3 Å². The average Bonchev–Trinajstić information content (AvgIpc) is 3.48. The number of rotatable bonds is 68. The summed E-state index contributed by atoms with van der Waals surface area (Å²) < 4.78 is 22.8. The Balaban J connectivity index is 4.01. The molecule has 0 heterocycles. The minimum atomic E-state index is -1.62. The molecule has 0 bridgehead atoms. The van der Waals surface area contributed by atoms with Crippen LogP contribution >= 0.6 is 0 Å². The Bertz CT molecular complexity index is 1580. The van der Waals surface area contributed by atoms with Crippen molar-refractivity contribution >= 4 is 17.9 Å². The zero-order valence-corrected chi connectivity index (χ0v) is 56.7. The summed E-state index contributed by atoms with van der Waals surface area (Å²) in [7, 11) is 5.94. The van der Waals surface area contributed by atoms with E-state index < -0.39 is 24.3 Å². The molecular formula is C76H139NO8. The molecule has 0 fully saturated rings. The Morgan fingerprint density at radius 1 is 0.365 bits per heavy atom. The van der Waals surface area contributed by atoms with Gasteiger partial charge in [0.2, 0.25) is 0 Å². The molecule has 2 atom stereocenters. The number of unbranched alkanes of at least 4 members (excludes halogenated alkanes) is 43. The van der Waals surface area contributed by atoms with Gasteiger partial charge in [0.1, 0.15) is 13.2 Å². The number of hydrogen-bond donors (Lipinski definition) is 0. The number of carboxylic acids is 1. The van der Waals surface area contributed by atoms with Gasteiger partial charge in [-0.3, -0.25) is 9.59 Å². The summed E-state index contributed by atoms with van der Waals surface area (Å²) in [6, 6.07) is 0. The highest BCUT2D eigenvalue weighted by Crippen LogP contribution is 2.19. The van der Waals surface area contributed by atoms with Crippen molar-refractivity contribution in [3.05, 3.63) is 60.8 Å². The van der Waals surface area contributed by atoms with E-state index >= 15 is 0 Å². The number of quaternary nitrogens is 1. The number of carboxylic acid groups (broad SMARTS) is 1. The van der Waals surface area contributed by atoms with Crippen LogP contribution in [0.3, 0.4) is 0 Å².